The maximum absolute atomic E-state index is 13.1. The van der Waals surface area contributed by atoms with Crippen molar-refractivity contribution in [3.05, 3.63) is 59.2 Å². The molecule has 1 saturated heterocycles. The number of benzene rings is 2. The summed E-state index contributed by atoms with van der Waals surface area (Å²) in [5.41, 5.74) is 2.73. The van der Waals surface area contributed by atoms with Crippen molar-refractivity contribution in [2.45, 2.75) is 18.7 Å². The largest absolute Gasteiger partial charge is 0.315 e. The molecule has 4 rings (SSSR count). The van der Waals surface area contributed by atoms with Crippen molar-refractivity contribution in [2.24, 2.45) is 0 Å². The highest BCUT2D eigenvalue weighted by atomic mass is 32.2. The van der Waals surface area contributed by atoms with Gasteiger partial charge in [0.05, 0.1) is 42.3 Å². The van der Waals surface area contributed by atoms with E-state index < -0.39 is 21.7 Å². The van der Waals surface area contributed by atoms with Crippen molar-refractivity contribution in [1.29, 1.82) is 0 Å². The zero-order valence-electron chi connectivity index (χ0n) is 16.5. The molecule has 0 unspecified atom stereocenters. The van der Waals surface area contributed by atoms with Gasteiger partial charge < -0.3 is 4.90 Å². The second-order valence-corrected chi connectivity index (χ2v) is 9.57. The normalized spacial score (nSPS) is 18.3. The lowest BCUT2D eigenvalue weighted by Gasteiger charge is -2.33. The summed E-state index contributed by atoms with van der Waals surface area (Å²) in [6.07, 6.45) is 0. The number of carbonyl (C=O) groups excluding carboxylic acids is 2. The number of amides is 1. The molecule has 8 heteroatoms. The van der Waals surface area contributed by atoms with E-state index in [1.807, 2.05) is 25.1 Å². The van der Waals surface area contributed by atoms with Crippen LogP contribution in [0.2, 0.25) is 0 Å². The molecule has 0 aliphatic carbocycles. The molecule has 2 aromatic carbocycles. The summed E-state index contributed by atoms with van der Waals surface area (Å²) in [4.78, 5) is 27.5. The standard InChI is InChI=1S/C21H23N3O4S/c1-15-7-8-16(2)19(13-15)29(27,28)23-11-9-22(10-12-23)14-24-18-6-4-3-5-17(18)20(25)21(24)26/h3-8,13H,9-12,14H2,1-2H3/p+1. The van der Waals surface area contributed by atoms with E-state index in [0.717, 1.165) is 16.0 Å². The van der Waals surface area contributed by atoms with Crippen LogP contribution in [0, 0.1) is 13.8 Å². The van der Waals surface area contributed by atoms with Gasteiger partial charge in [0.15, 0.2) is 6.67 Å². The highest BCUT2D eigenvalue weighted by Gasteiger charge is 2.39. The third-order valence-corrected chi connectivity index (χ3v) is 7.69. The molecule has 1 fully saturated rings. The predicted octanol–water partition coefficient (Wildman–Crippen LogP) is 0.380. The fourth-order valence-corrected chi connectivity index (χ4v) is 5.71. The van der Waals surface area contributed by atoms with Gasteiger partial charge in [0.2, 0.25) is 10.0 Å². The van der Waals surface area contributed by atoms with E-state index in [4.69, 9.17) is 0 Å². The molecule has 2 aliphatic rings. The fraction of sp³-hybridized carbons (Fsp3) is 0.333. The van der Waals surface area contributed by atoms with E-state index >= 15 is 0 Å². The summed E-state index contributed by atoms with van der Waals surface area (Å²) in [6, 6.07) is 12.5. The number of hydrogen-bond acceptors (Lipinski definition) is 4. The maximum Gasteiger partial charge on any atom is 0.303 e. The maximum atomic E-state index is 13.1. The molecule has 0 bridgehead atoms. The lowest BCUT2D eigenvalue weighted by molar-refractivity contribution is -0.902. The number of nitrogens with one attached hydrogen (secondary N) is 1. The number of aryl methyl sites for hydroxylation is 2. The van der Waals surface area contributed by atoms with E-state index in [2.05, 4.69) is 0 Å². The van der Waals surface area contributed by atoms with Gasteiger partial charge in [-0.3, -0.25) is 14.5 Å². The van der Waals surface area contributed by atoms with E-state index in [1.54, 1.807) is 31.2 Å². The number of para-hydroxylation sites is 1. The number of piperazine rings is 1. The number of ketones is 1. The molecule has 2 aliphatic heterocycles. The molecular weight excluding hydrogens is 390 g/mol. The third kappa shape index (κ3) is 3.48. The van der Waals surface area contributed by atoms with Crippen LogP contribution in [0.1, 0.15) is 21.5 Å². The average molecular weight is 415 g/mol. The predicted molar refractivity (Wildman–Crippen MR) is 108 cm³/mol. The highest BCUT2D eigenvalue weighted by molar-refractivity contribution is 7.89. The summed E-state index contributed by atoms with van der Waals surface area (Å²) in [6.45, 7) is 5.95. The first-order valence-corrected chi connectivity index (χ1v) is 11.1. The van der Waals surface area contributed by atoms with Crippen molar-refractivity contribution in [3.8, 4) is 0 Å². The molecule has 0 radical (unpaired) electrons. The molecule has 2 heterocycles. The molecule has 152 valence electrons. The van der Waals surface area contributed by atoms with Crippen molar-refractivity contribution in [3.63, 3.8) is 0 Å². The Balaban J connectivity index is 1.46. The number of rotatable bonds is 4. The second kappa shape index (κ2) is 7.37. The Morgan fingerprint density at radius 1 is 1.00 bits per heavy atom. The van der Waals surface area contributed by atoms with Crippen LogP contribution in [0.5, 0.6) is 0 Å². The topological polar surface area (TPSA) is 79.2 Å². The molecule has 7 nitrogen and oxygen atoms in total. The summed E-state index contributed by atoms with van der Waals surface area (Å²) < 4.78 is 27.7. The molecular formula is C21H24N3O4S+. The molecule has 0 saturated carbocycles. The smallest absolute Gasteiger partial charge is 0.303 e. The van der Waals surface area contributed by atoms with Crippen LogP contribution in [-0.4, -0.2) is 57.3 Å². The minimum atomic E-state index is -3.55. The number of carbonyl (C=O) groups is 2. The summed E-state index contributed by atoms with van der Waals surface area (Å²) >= 11 is 0. The Morgan fingerprint density at radius 2 is 1.69 bits per heavy atom. The van der Waals surface area contributed by atoms with Gasteiger partial charge in [0.1, 0.15) is 0 Å². The van der Waals surface area contributed by atoms with E-state index in [1.165, 1.54) is 9.21 Å². The van der Waals surface area contributed by atoms with Crippen LogP contribution >= 0.6 is 0 Å². The second-order valence-electron chi connectivity index (χ2n) is 7.66. The SMILES string of the molecule is Cc1ccc(C)c(S(=O)(=O)N2CC[NH+](CN3C(=O)C(=O)c4ccccc43)CC2)c1. The van der Waals surface area contributed by atoms with Crippen LogP contribution in [0.4, 0.5) is 5.69 Å². The number of nitrogens with zero attached hydrogens (tertiary/aromatic N) is 2. The monoisotopic (exact) mass is 414 g/mol. The van der Waals surface area contributed by atoms with Crippen LogP contribution in [0.3, 0.4) is 0 Å². The van der Waals surface area contributed by atoms with Gasteiger partial charge in [-0.25, -0.2) is 8.42 Å². The number of anilines is 1. The molecule has 0 aromatic heterocycles. The Kier molecular flexibility index (Phi) is 5.02. The first-order chi connectivity index (χ1) is 13.8. The molecule has 0 atom stereocenters. The lowest BCUT2D eigenvalue weighted by atomic mass is 10.1. The fourth-order valence-electron chi connectivity index (χ4n) is 3.95. The zero-order chi connectivity index (χ0) is 20.8. The molecule has 1 N–H and O–H groups in total. The summed E-state index contributed by atoms with van der Waals surface area (Å²) in [5, 5.41) is 0. The Bertz CT molecular complexity index is 1090. The van der Waals surface area contributed by atoms with Gasteiger partial charge in [-0.2, -0.15) is 4.31 Å². The van der Waals surface area contributed by atoms with Gasteiger partial charge in [0, 0.05) is 0 Å². The Morgan fingerprint density at radius 3 is 2.41 bits per heavy atom. The van der Waals surface area contributed by atoms with E-state index in [0.29, 0.717) is 49.0 Å². The minimum Gasteiger partial charge on any atom is -0.315 e. The van der Waals surface area contributed by atoms with Crippen LogP contribution in [0.25, 0.3) is 0 Å². The lowest BCUT2D eigenvalue weighted by Crippen LogP contribution is -3.16. The van der Waals surface area contributed by atoms with Gasteiger partial charge in [-0.05, 0) is 43.2 Å². The Hall–Kier alpha value is -2.55. The van der Waals surface area contributed by atoms with Gasteiger partial charge in [-0.15, -0.1) is 0 Å². The van der Waals surface area contributed by atoms with Crippen LogP contribution in [0.15, 0.2) is 47.4 Å². The number of sulfonamides is 1. The van der Waals surface area contributed by atoms with Crippen LogP contribution < -0.4 is 9.80 Å². The van der Waals surface area contributed by atoms with Crippen LogP contribution in [-0.2, 0) is 14.8 Å². The van der Waals surface area contributed by atoms with E-state index in [9.17, 15) is 18.0 Å². The van der Waals surface area contributed by atoms with Crippen molar-refractivity contribution < 1.29 is 22.9 Å². The number of Topliss-reactive ketones (excluding diaryl/α,β-unsaturated/α-hetero) is 1. The third-order valence-electron chi connectivity index (χ3n) is 5.65. The van der Waals surface area contributed by atoms with Gasteiger partial charge >= 0.3 is 5.91 Å². The van der Waals surface area contributed by atoms with Gasteiger partial charge in [-0.1, -0.05) is 24.3 Å². The average Bonchev–Trinajstić information content (AvgIpc) is 2.95. The van der Waals surface area contributed by atoms with Crippen molar-refractivity contribution in [1.82, 2.24) is 4.31 Å². The zero-order valence-corrected chi connectivity index (χ0v) is 17.3. The highest BCUT2D eigenvalue weighted by Crippen LogP contribution is 2.27. The van der Waals surface area contributed by atoms with E-state index in [-0.39, 0.29) is 0 Å². The molecule has 1 amide bonds. The number of quaternary nitrogens is 1. The first kappa shape index (κ1) is 19.8. The molecule has 2 aromatic rings. The van der Waals surface area contributed by atoms with Gasteiger partial charge in [0.25, 0.3) is 5.78 Å². The number of fused-ring (bicyclic) bond motifs is 1. The van der Waals surface area contributed by atoms with Crippen molar-refractivity contribution >= 4 is 27.4 Å². The Labute approximate surface area is 170 Å². The molecule has 29 heavy (non-hydrogen) atoms. The number of hydrogen-bond donors (Lipinski definition) is 1. The minimum absolute atomic E-state index is 0.357. The summed E-state index contributed by atoms with van der Waals surface area (Å²) in [7, 11) is -3.55. The first-order valence-electron chi connectivity index (χ1n) is 9.65. The summed E-state index contributed by atoms with van der Waals surface area (Å²) in [5.74, 6) is -0.986. The quantitative estimate of drug-likeness (QED) is 0.734. The molecule has 0 spiro atoms. The van der Waals surface area contributed by atoms with Crippen molar-refractivity contribution in [2.75, 3.05) is 37.7 Å².